The van der Waals surface area contributed by atoms with E-state index in [1.807, 2.05) is 36.4 Å². The van der Waals surface area contributed by atoms with Gasteiger partial charge in [0.25, 0.3) is 0 Å². The molecule has 8 heteroatoms. The molecule has 3 aromatic carbocycles. The first-order valence-corrected chi connectivity index (χ1v) is 17.0. The third kappa shape index (κ3) is 6.46. The lowest BCUT2D eigenvalue weighted by Crippen LogP contribution is -2.48. The molecule has 200 valence electrons. The van der Waals surface area contributed by atoms with Gasteiger partial charge in [-0.25, -0.2) is 4.79 Å². The van der Waals surface area contributed by atoms with E-state index >= 15 is 0 Å². The van der Waals surface area contributed by atoms with E-state index in [9.17, 15) is 14.8 Å². The lowest BCUT2D eigenvalue weighted by Gasteiger charge is -2.34. The molecule has 5 rings (SSSR count). The van der Waals surface area contributed by atoms with Crippen molar-refractivity contribution in [1.29, 1.82) is 0 Å². The summed E-state index contributed by atoms with van der Waals surface area (Å²) in [5.41, 5.74) is 10.4. The number of carbonyl (C=O) groups excluding carboxylic acids is 1. The average Bonchev–Trinajstić information content (AvgIpc) is 3.24. The maximum Gasteiger partial charge on any atom is 0.488 e. The topological polar surface area (TPSA) is 73.2 Å². The molecule has 1 fully saturated rings. The zero-order valence-corrected chi connectivity index (χ0v) is 23.9. The van der Waals surface area contributed by atoms with Gasteiger partial charge in [-0.1, -0.05) is 80.2 Å². The molecule has 0 bridgehead atoms. The summed E-state index contributed by atoms with van der Waals surface area (Å²) in [6.07, 6.45) is -0.272. The van der Waals surface area contributed by atoms with Crippen LogP contribution in [0.4, 0.5) is 4.79 Å². The molecule has 0 radical (unpaired) electrons. The van der Waals surface area contributed by atoms with Crippen LogP contribution in [0.2, 0.25) is 19.6 Å². The molecule has 0 aromatic heterocycles. The highest BCUT2D eigenvalue weighted by molar-refractivity contribution is 6.83. The van der Waals surface area contributed by atoms with Crippen molar-refractivity contribution >= 4 is 26.7 Å². The maximum absolute atomic E-state index is 13.0. The van der Waals surface area contributed by atoms with Gasteiger partial charge in [0.05, 0.1) is 0 Å². The minimum absolute atomic E-state index is 0.0510. The Labute approximate surface area is 232 Å². The molecule has 2 aliphatic rings. The van der Waals surface area contributed by atoms with E-state index in [0.29, 0.717) is 44.8 Å². The SMILES string of the molecule is C[Si](C)(C)C#Cc1cc(CN2CCN(C(=O)OCC3c4ccccc4-c4ccccc43)CC2)cc(B(O)O)c1. The number of hydrogen-bond donors (Lipinski definition) is 2. The summed E-state index contributed by atoms with van der Waals surface area (Å²) in [6.45, 7) is 10.1. The molecule has 39 heavy (non-hydrogen) atoms. The first-order valence-electron chi connectivity index (χ1n) is 13.5. The highest BCUT2D eigenvalue weighted by Crippen LogP contribution is 2.44. The van der Waals surface area contributed by atoms with E-state index in [1.54, 1.807) is 11.0 Å². The fraction of sp³-hybridized carbons (Fsp3) is 0.323. The van der Waals surface area contributed by atoms with Crippen LogP contribution < -0.4 is 5.46 Å². The van der Waals surface area contributed by atoms with Gasteiger partial charge in [0.15, 0.2) is 0 Å². The molecule has 3 aromatic rings. The average molecular weight is 539 g/mol. The van der Waals surface area contributed by atoms with Gasteiger partial charge < -0.3 is 19.7 Å². The van der Waals surface area contributed by atoms with Gasteiger partial charge in [0.1, 0.15) is 14.7 Å². The van der Waals surface area contributed by atoms with Gasteiger partial charge in [-0.15, -0.1) is 5.54 Å². The molecule has 0 unspecified atom stereocenters. The second-order valence-corrected chi connectivity index (χ2v) is 16.2. The van der Waals surface area contributed by atoms with Crippen molar-refractivity contribution in [2.45, 2.75) is 32.1 Å². The van der Waals surface area contributed by atoms with Crippen molar-refractivity contribution in [2.24, 2.45) is 0 Å². The van der Waals surface area contributed by atoms with Crippen molar-refractivity contribution in [3.05, 3.63) is 89.0 Å². The van der Waals surface area contributed by atoms with Gasteiger partial charge in [0, 0.05) is 44.2 Å². The minimum atomic E-state index is -1.56. The molecule has 1 aliphatic heterocycles. The molecule has 1 heterocycles. The van der Waals surface area contributed by atoms with E-state index in [-0.39, 0.29) is 12.0 Å². The van der Waals surface area contributed by atoms with Crippen molar-refractivity contribution in [1.82, 2.24) is 9.80 Å². The molecule has 1 amide bonds. The van der Waals surface area contributed by atoms with Gasteiger partial charge in [-0.3, -0.25) is 4.90 Å². The van der Waals surface area contributed by atoms with Crippen molar-refractivity contribution in [3.8, 4) is 22.6 Å². The van der Waals surface area contributed by atoms with E-state index in [1.165, 1.54) is 22.3 Å². The van der Waals surface area contributed by atoms with E-state index in [2.05, 4.69) is 60.3 Å². The van der Waals surface area contributed by atoms with Crippen molar-refractivity contribution in [2.75, 3.05) is 32.8 Å². The van der Waals surface area contributed by atoms with Crippen molar-refractivity contribution in [3.63, 3.8) is 0 Å². The van der Waals surface area contributed by atoms with Crippen LogP contribution in [0.25, 0.3) is 11.1 Å². The maximum atomic E-state index is 13.0. The number of hydrogen-bond acceptors (Lipinski definition) is 5. The first kappa shape index (κ1) is 27.2. The molecule has 0 spiro atoms. The second-order valence-electron chi connectivity index (χ2n) is 11.4. The molecule has 0 atom stereocenters. The lowest BCUT2D eigenvalue weighted by molar-refractivity contribution is 0.0728. The van der Waals surface area contributed by atoms with Crippen LogP contribution in [-0.2, 0) is 11.3 Å². The van der Waals surface area contributed by atoms with Crippen LogP contribution in [0.3, 0.4) is 0 Å². The Bertz CT molecular complexity index is 1370. The standard InChI is InChI=1S/C31H35BN2O4Si/c1-39(2,3)17-12-23-18-24(20-25(19-23)32(36)37)21-33-13-15-34(16-14-33)31(35)38-22-30-28-10-6-4-8-26(28)27-9-5-7-11-29(27)30/h4-11,18-20,30,36-37H,13-16,21-22H2,1-3H3. The third-order valence-electron chi connectivity index (χ3n) is 7.27. The predicted molar refractivity (Wildman–Crippen MR) is 158 cm³/mol. The summed E-state index contributed by atoms with van der Waals surface area (Å²) in [4.78, 5) is 17.0. The number of carbonyl (C=O) groups is 1. The number of fused-ring (bicyclic) bond motifs is 3. The summed E-state index contributed by atoms with van der Waals surface area (Å²) < 4.78 is 5.85. The number of ether oxygens (including phenoxy) is 1. The number of amides is 1. The van der Waals surface area contributed by atoms with Crippen LogP contribution in [0.15, 0.2) is 66.7 Å². The Morgan fingerprint density at radius 2 is 1.56 bits per heavy atom. The zero-order valence-electron chi connectivity index (χ0n) is 22.9. The van der Waals surface area contributed by atoms with Crippen LogP contribution >= 0.6 is 0 Å². The number of benzene rings is 3. The summed E-state index contributed by atoms with van der Waals surface area (Å²) in [7, 11) is -3.10. The van der Waals surface area contributed by atoms with E-state index < -0.39 is 15.2 Å². The van der Waals surface area contributed by atoms with Gasteiger partial charge in [-0.05, 0) is 45.4 Å². The highest BCUT2D eigenvalue weighted by Gasteiger charge is 2.30. The Morgan fingerprint density at radius 3 is 2.15 bits per heavy atom. The van der Waals surface area contributed by atoms with E-state index in [0.717, 1.165) is 11.1 Å². The third-order valence-corrected chi connectivity index (χ3v) is 8.14. The van der Waals surface area contributed by atoms with Crippen LogP contribution in [0.1, 0.15) is 28.2 Å². The molecule has 2 N–H and O–H groups in total. The summed E-state index contributed by atoms with van der Waals surface area (Å²) in [5, 5.41) is 19.6. The van der Waals surface area contributed by atoms with Crippen LogP contribution in [-0.4, -0.2) is 73.9 Å². The fourth-order valence-corrected chi connectivity index (χ4v) is 5.84. The summed E-state index contributed by atoms with van der Waals surface area (Å²) in [6, 6.07) is 22.3. The Kier molecular flexibility index (Phi) is 7.96. The highest BCUT2D eigenvalue weighted by atomic mass is 28.3. The summed E-state index contributed by atoms with van der Waals surface area (Å²) >= 11 is 0. The number of rotatable bonds is 5. The molecular weight excluding hydrogens is 503 g/mol. The van der Waals surface area contributed by atoms with Crippen molar-refractivity contribution < 1.29 is 19.6 Å². The van der Waals surface area contributed by atoms with E-state index in [4.69, 9.17) is 4.74 Å². The van der Waals surface area contributed by atoms with Crippen LogP contribution in [0, 0.1) is 11.5 Å². The minimum Gasteiger partial charge on any atom is -0.448 e. The Hall–Kier alpha value is -3.35. The lowest BCUT2D eigenvalue weighted by atomic mass is 9.78. The summed E-state index contributed by atoms with van der Waals surface area (Å²) in [5.74, 6) is 3.28. The fourth-order valence-electron chi connectivity index (χ4n) is 5.32. The molecule has 6 nitrogen and oxygen atoms in total. The Balaban J connectivity index is 1.18. The first-order chi connectivity index (χ1) is 18.7. The molecule has 1 saturated heterocycles. The Morgan fingerprint density at radius 1 is 0.949 bits per heavy atom. The van der Waals surface area contributed by atoms with Gasteiger partial charge >= 0.3 is 13.2 Å². The smallest absolute Gasteiger partial charge is 0.448 e. The predicted octanol–water partition coefficient (Wildman–Crippen LogP) is 3.66. The quantitative estimate of drug-likeness (QED) is 0.383. The monoisotopic (exact) mass is 538 g/mol. The number of nitrogens with zero attached hydrogens (tertiary/aromatic N) is 2. The molecule has 0 saturated carbocycles. The van der Waals surface area contributed by atoms with Crippen LogP contribution in [0.5, 0.6) is 0 Å². The normalized spacial score (nSPS) is 15.3. The zero-order chi connectivity index (χ0) is 27.6. The van der Waals surface area contributed by atoms with Gasteiger partial charge in [-0.2, -0.15) is 0 Å². The molecule has 1 aliphatic carbocycles. The number of piperazine rings is 1. The largest absolute Gasteiger partial charge is 0.488 e. The van der Waals surface area contributed by atoms with Gasteiger partial charge in [0.2, 0.25) is 0 Å². The molecular formula is C31H35BN2O4Si. The second kappa shape index (κ2) is 11.4.